The van der Waals surface area contributed by atoms with Gasteiger partial charge in [-0.15, -0.1) is 0 Å². The van der Waals surface area contributed by atoms with Crippen LogP contribution in [0.25, 0.3) is 22.5 Å². The molecule has 2 aromatic heterocycles. The number of aryl methyl sites for hydroxylation is 1. The van der Waals surface area contributed by atoms with Crippen molar-refractivity contribution >= 4 is 51.4 Å². The minimum absolute atomic E-state index is 0. The van der Waals surface area contributed by atoms with Crippen LogP contribution in [0.4, 0.5) is 0 Å². The van der Waals surface area contributed by atoms with E-state index in [1.807, 2.05) is 48.5 Å². The van der Waals surface area contributed by atoms with Gasteiger partial charge in [-0.1, -0.05) is 60.6 Å². The molecular formula is C28H31KN5O4. The van der Waals surface area contributed by atoms with E-state index >= 15 is 0 Å². The van der Waals surface area contributed by atoms with Gasteiger partial charge >= 0.3 is 5.76 Å². The number of H-pyrrole nitrogens is 1. The summed E-state index contributed by atoms with van der Waals surface area (Å²) in [5, 5.41) is 3.83. The standard InChI is InChI=1S/C28H31N5O4.K/c1-3-6-25-29-24(19(2)32-13-15-36-16-14-32)17-26(34)33(25)18-20-9-11-21(12-10-20)22-7-4-5-8-23(22)27-30-28(35)37-31-27;/h4-5,7-12,17,19H,3,6,13-16,18H2,1-2H3,(H,30,31,35);. The Kier molecular flexibility index (Phi) is 10.0. The summed E-state index contributed by atoms with van der Waals surface area (Å²) < 4.78 is 11.9. The van der Waals surface area contributed by atoms with Crippen molar-refractivity contribution in [3.8, 4) is 22.5 Å². The van der Waals surface area contributed by atoms with Gasteiger partial charge in [0.05, 0.1) is 25.5 Å². The second kappa shape index (κ2) is 13.3. The summed E-state index contributed by atoms with van der Waals surface area (Å²) in [6, 6.07) is 17.5. The number of benzene rings is 2. The molecule has 10 heteroatoms. The Morgan fingerprint density at radius 2 is 1.74 bits per heavy atom. The van der Waals surface area contributed by atoms with Gasteiger partial charge in [-0.25, -0.2) is 9.78 Å². The molecule has 38 heavy (non-hydrogen) atoms. The van der Waals surface area contributed by atoms with E-state index < -0.39 is 5.76 Å². The van der Waals surface area contributed by atoms with E-state index in [9.17, 15) is 9.59 Å². The van der Waals surface area contributed by atoms with E-state index in [1.54, 1.807) is 10.6 Å². The largest absolute Gasteiger partial charge is 0.439 e. The summed E-state index contributed by atoms with van der Waals surface area (Å²) in [7, 11) is 0. The van der Waals surface area contributed by atoms with Gasteiger partial charge in [0.15, 0.2) is 5.82 Å². The monoisotopic (exact) mass is 540 g/mol. The van der Waals surface area contributed by atoms with E-state index in [4.69, 9.17) is 9.72 Å². The molecule has 0 bridgehead atoms. The maximum absolute atomic E-state index is 13.3. The van der Waals surface area contributed by atoms with Gasteiger partial charge in [-0.3, -0.25) is 23.8 Å². The number of morpholine rings is 1. The summed E-state index contributed by atoms with van der Waals surface area (Å²) in [5.74, 6) is 0.611. The van der Waals surface area contributed by atoms with Crippen LogP contribution < -0.4 is 11.3 Å². The Bertz CT molecular complexity index is 1470. The van der Waals surface area contributed by atoms with E-state index in [0.29, 0.717) is 25.6 Å². The molecule has 193 valence electrons. The zero-order valence-electron chi connectivity index (χ0n) is 22.1. The number of nitrogens with one attached hydrogen (secondary N) is 1. The molecule has 1 aliphatic rings. The predicted octanol–water partition coefficient (Wildman–Crippen LogP) is 3.27. The summed E-state index contributed by atoms with van der Waals surface area (Å²) in [5.41, 5.74) is 4.47. The van der Waals surface area contributed by atoms with Gasteiger partial charge in [0.25, 0.3) is 5.56 Å². The van der Waals surface area contributed by atoms with Crippen molar-refractivity contribution in [2.24, 2.45) is 0 Å². The first-order valence-corrected chi connectivity index (χ1v) is 12.7. The normalized spacial score (nSPS) is 14.7. The number of rotatable bonds is 8. The van der Waals surface area contributed by atoms with Crippen LogP contribution >= 0.6 is 0 Å². The van der Waals surface area contributed by atoms with Crippen molar-refractivity contribution in [2.75, 3.05) is 26.3 Å². The molecule has 4 aromatic rings. The Hall–Kier alpha value is -2.18. The first kappa shape index (κ1) is 28.8. The predicted molar refractivity (Wildman–Crippen MR) is 146 cm³/mol. The maximum Gasteiger partial charge on any atom is 0.439 e. The number of hydrogen-bond acceptors (Lipinski definition) is 7. The minimum atomic E-state index is -0.590. The van der Waals surface area contributed by atoms with Gasteiger partial charge in [0.1, 0.15) is 5.82 Å². The number of aromatic nitrogens is 4. The van der Waals surface area contributed by atoms with E-state index in [2.05, 4.69) is 33.4 Å². The molecule has 0 spiro atoms. The molecule has 1 unspecified atom stereocenters. The number of ether oxygens (including phenoxy) is 1. The molecule has 1 atom stereocenters. The van der Waals surface area contributed by atoms with Crippen molar-refractivity contribution in [3.63, 3.8) is 0 Å². The van der Waals surface area contributed by atoms with Crippen LogP contribution in [0.3, 0.4) is 0 Å². The van der Waals surface area contributed by atoms with Crippen LogP contribution in [-0.2, 0) is 17.7 Å². The van der Waals surface area contributed by atoms with Gasteiger partial charge in [0.2, 0.25) is 0 Å². The van der Waals surface area contributed by atoms with Crippen LogP contribution in [0.1, 0.15) is 43.4 Å². The molecule has 1 fully saturated rings. The van der Waals surface area contributed by atoms with Crippen LogP contribution in [0.2, 0.25) is 0 Å². The summed E-state index contributed by atoms with van der Waals surface area (Å²) in [6.45, 7) is 7.77. The summed E-state index contributed by atoms with van der Waals surface area (Å²) in [4.78, 5) is 34.6. The van der Waals surface area contributed by atoms with Gasteiger partial charge in [-0.2, -0.15) is 0 Å². The van der Waals surface area contributed by atoms with Crippen molar-refractivity contribution in [1.82, 2.24) is 24.6 Å². The molecule has 1 radical (unpaired) electrons. The molecule has 0 aliphatic carbocycles. The van der Waals surface area contributed by atoms with Gasteiger partial charge < -0.3 is 4.74 Å². The molecule has 0 saturated carbocycles. The van der Waals surface area contributed by atoms with Crippen molar-refractivity contribution < 1.29 is 9.26 Å². The average molecular weight is 541 g/mol. The fraction of sp³-hybridized carbons (Fsp3) is 0.357. The van der Waals surface area contributed by atoms with Crippen LogP contribution in [-0.4, -0.2) is 102 Å². The quantitative estimate of drug-likeness (QED) is 0.342. The molecule has 1 N–H and O–H groups in total. The fourth-order valence-electron chi connectivity index (χ4n) is 4.78. The molecule has 0 amide bonds. The molecule has 9 nitrogen and oxygen atoms in total. The Morgan fingerprint density at radius 3 is 2.39 bits per heavy atom. The molecule has 3 heterocycles. The third kappa shape index (κ3) is 6.51. The maximum atomic E-state index is 13.3. The molecule has 1 saturated heterocycles. The van der Waals surface area contributed by atoms with Crippen molar-refractivity contribution in [2.45, 2.75) is 39.3 Å². The van der Waals surface area contributed by atoms with E-state index in [-0.39, 0.29) is 63.0 Å². The first-order valence-electron chi connectivity index (χ1n) is 12.7. The smallest absolute Gasteiger partial charge is 0.379 e. The Labute approximate surface area is 263 Å². The van der Waals surface area contributed by atoms with Gasteiger partial charge in [0, 0.05) is 88.6 Å². The Morgan fingerprint density at radius 1 is 1.03 bits per heavy atom. The molecular weight excluding hydrogens is 509 g/mol. The Balaban J connectivity index is 0.00000336. The topological polar surface area (TPSA) is 106 Å². The van der Waals surface area contributed by atoms with E-state index in [1.165, 1.54) is 0 Å². The third-order valence-corrected chi connectivity index (χ3v) is 6.83. The van der Waals surface area contributed by atoms with Crippen LogP contribution in [0.5, 0.6) is 0 Å². The number of aromatic amines is 1. The summed E-state index contributed by atoms with van der Waals surface area (Å²) in [6.07, 6.45) is 1.64. The van der Waals surface area contributed by atoms with Crippen molar-refractivity contribution in [1.29, 1.82) is 0 Å². The SMILES string of the molecule is CCCc1nc(C(C)N2CCOCC2)cc(=O)n1Cc1ccc(-c2ccccc2-c2noc(=O)[nH]2)cc1.[K]. The number of hydrogen-bond donors (Lipinski definition) is 1. The number of nitrogens with zero attached hydrogens (tertiary/aromatic N) is 4. The first-order chi connectivity index (χ1) is 18.0. The zero-order chi connectivity index (χ0) is 25.8. The summed E-state index contributed by atoms with van der Waals surface area (Å²) >= 11 is 0. The van der Waals surface area contributed by atoms with Crippen molar-refractivity contribution in [3.05, 3.63) is 92.6 Å². The molecule has 2 aromatic carbocycles. The van der Waals surface area contributed by atoms with E-state index in [0.717, 1.165) is 59.7 Å². The second-order valence-electron chi connectivity index (χ2n) is 9.28. The minimum Gasteiger partial charge on any atom is -0.379 e. The molecule has 5 rings (SSSR count). The molecule has 1 aliphatic heterocycles. The third-order valence-electron chi connectivity index (χ3n) is 6.83. The zero-order valence-corrected chi connectivity index (χ0v) is 25.3. The second-order valence-corrected chi connectivity index (χ2v) is 9.28. The van der Waals surface area contributed by atoms with Crippen LogP contribution in [0.15, 0.2) is 68.7 Å². The average Bonchev–Trinajstić information content (AvgIpc) is 3.37. The fourth-order valence-corrected chi connectivity index (χ4v) is 4.78. The van der Waals surface area contributed by atoms with Crippen LogP contribution in [0, 0.1) is 0 Å². The van der Waals surface area contributed by atoms with Gasteiger partial charge in [-0.05, 0) is 30.0 Å².